The number of carbonyl (C=O) groups excluding carboxylic acids is 2. The highest BCUT2D eigenvalue weighted by molar-refractivity contribution is 6.10. The molecule has 0 aliphatic carbocycles. The van der Waals surface area contributed by atoms with Crippen LogP contribution in [-0.2, 0) is 0 Å². The van der Waals surface area contributed by atoms with Gasteiger partial charge in [0.15, 0.2) is 0 Å². The Kier molecular flexibility index (Phi) is 6.43. The smallest absolute Gasteiger partial charge is 0.285 e. The molecule has 0 saturated heterocycles. The van der Waals surface area contributed by atoms with Crippen molar-refractivity contribution >= 4 is 23.2 Å². The number of nitrogens with one attached hydrogen (secondary N) is 2. The number of unbranched alkanes of at least 4 members (excludes halogenated alkanes) is 1. The fourth-order valence-corrected chi connectivity index (χ4v) is 2.54. The standard InChI is InChI=1S/C19H21N3O4/c1-3-4-12-20-18(23)14-9-5-6-11-16(14)21-19(24)15-10-7-8-13(2)17(15)22(25)26/h5-11H,3-4,12H2,1-2H3,(H,20,23)(H,21,24). The van der Waals surface area contributed by atoms with Crippen molar-refractivity contribution in [1.29, 1.82) is 0 Å². The van der Waals surface area contributed by atoms with Gasteiger partial charge in [0.05, 0.1) is 16.2 Å². The van der Waals surface area contributed by atoms with Crippen LogP contribution in [0.5, 0.6) is 0 Å². The molecule has 0 aliphatic heterocycles. The fourth-order valence-electron chi connectivity index (χ4n) is 2.54. The summed E-state index contributed by atoms with van der Waals surface area (Å²) in [6, 6.07) is 11.1. The number of amides is 2. The monoisotopic (exact) mass is 355 g/mol. The van der Waals surface area contributed by atoms with Crippen molar-refractivity contribution in [3.05, 3.63) is 69.3 Å². The molecule has 0 aromatic heterocycles. The third-order valence-corrected chi connectivity index (χ3v) is 3.90. The Labute approximate surface area is 151 Å². The molecule has 26 heavy (non-hydrogen) atoms. The van der Waals surface area contributed by atoms with Crippen LogP contribution in [0.25, 0.3) is 0 Å². The molecule has 0 spiro atoms. The van der Waals surface area contributed by atoms with Crippen molar-refractivity contribution in [1.82, 2.24) is 5.32 Å². The Balaban J connectivity index is 2.27. The molecule has 0 aliphatic rings. The van der Waals surface area contributed by atoms with Gasteiger partial charge in [0, 0.05) is 12.1 Å². The highest BCUT2D eigenvalue weighted by atomic mass is 16.6. The maximum Gasteiger partial charge on any atom is 0.285 e. The van der Waals surface area contributed by atoms with E-state index in [1.165, 1.54) is 6.07 Å². The van der Waals surface area contributed by atoms with Crippen LogP contribution in [0.2, 0.25) is 0 Å². The number of nitro benzene ring substituents is 1. The van der Waals surface area contributed by atoms with Gasteiger partial charge in [0.25, 0.3) is 17.5 Å². The first-order chi connectivity index (χ1) is 12.5. The molecule has 0 heterocycles. The quantitative estimate of drug-likeness (QED) is 0.449. The van der Waals surface area contributed by atoms with Gasteiger partial charge < -0.3 is 10.6 Å². The van der Waals surface area contributed by atoms with Crippen LogP contribution < -0.4 is 10.6 Å². The number of hydrogen-bond acceptors (Lipinski definition) is 4. The minimum Gasteiger partial charge on any atom is -0.352 e. The van der Waals surface area contributed by atoms with Gasteiger partial charge in [-0.2, -0.15) is 0 Å². The number of aryl methyl sites for hydroxylation is 1. The molecule has 136 valence electrons. The van der Waals surface area contributed by atoms with Gasteiger partial charge in [-0.05, 0) is 31.5 Å². The fraction of sp³-hybridized carbons (Fsp3) is 0.263. The van der Waals surface area contributed by atoms with Crippen LogP contribution >= 0.6 is 0 Å². The molecule has 2 aromatic rings. The Bertz CT molecular complexity index is 833. The number of benzene rings is 2. The average Bonchev–Trinajstić information content (AvgIpc) is 2.61. The molecule has 0 saturated carbocycles. The first-order valence-electron chi connectivity index (χ1n) is 8.38. The second kappa shape index (κ2) is 8.75. The topological polar surface area (TPSA) is 101 Å². The normalized spacial score (nSPS) is 10.2. The van der Waals surface area contributed by atoms with Crippen LogP contribution in [0.15, 0.2) is 42.5 Å². The van der Waals surface area contributed by atoms with E-state index in [-0.39, 0.29) is 17.2 Å². The lowest BCUT2D eigenvalue weighted by atomic mass is 10.1. The van der Waals surface area contributed by atoms with E-state index in [4.69, 9.17) is 0 Å². The number of anilines is 1. The van der Waals surface area contributed by atoms with Crippen molar-refractivity contribution < 1.29 is 14.5 Å². The Morgan fingerprint density at radius 2 is 1.73 bits per heavy atom. The molecule has 0 bridgehead atoms. The maximum atomic E-state index is 12.6. The van der Waals surface area contributed by atoms with Crippen LogP contribution in [0.1, 0.15) is 46.0 Å². The van der Waals surface area contributed by atoms with E-state index in [9.17, 15) is 19.7 Å². The SMILES string of the molecule is CCCCNC(=O)c1ccccc1NC(=O)c1cccc(C)c1[N+](=O)[O-]. The van der Waals surface area contributed by atoms with Crippen molar-refractivity contribution in [2.24, 2.45) is 0 Å². The highest BCUT2D eigenvalue weighted by Gasteiger charge is 2.23. The zero-order chi connectivity index (χ0) is 19.1. The number of nitrogens with zero attached hydrogens (tertiary/aromatic N) is 1. The van der Waals surface area contributed by atoms with Gasteiger partial charge in [-0.25, -0.2) is 0 Å². The Morgan fingerprint density at radius 3 is 2.42 bits per heavy atom. The number of nitro groups is 1. The van der Waals surface area contributed by atoms with Gasteiger partial charge in [0.2, 0.25) is 0 Å². The van der Waals surface area contributed by atoms with E-state index >= 15 is 0 Å². The number of para-hydroxylation sites is 2. The van der Waals surface area contributed by atoms with Gasteiger partial charge >= 0.3 is 0 Å². The van der Waals surface area contributed by atoms with Crippen LogP contribution in [0.4, 0.5) is 11.4 Å². The molecule has 0 unspecified atom stereocenters. The first kappa shape index (κ1) is 19.1. The van der Waals surface area contributed by atoms with E-state index in [0.717, 1.165) is 12.8 Å². The Morgan fingerprint density at radius 1 is 1.04 bits per heavy atom. The second-order valence-corrected chi connectivity index (χ2v) is 5.84. The lowest BCUT2D eigenvalue weighted by Crippen LogP contribution is -2.26. The van der Waals surface area contributed by atoms with Crippen molar-refractivity contribution in [2.75, 3.05) is 11.9 Å². The summed E-state index contributed by atoms with van der Waals surface area (Å²) in [5.41, 5.74) is 0.730. The third-order valence-electron chi connectivity index (χ3n) is 3.90. The van der Waals surface area contributed by atoms with Crippen LogP contribution in [0, 0.1) is 17.0 Å². The van der Waals surface area contributed by atoms with E-state index in [1.807, 2.05) is 6.92 Å². The van der Waals surface area contributed by atoms with Gasteiger partial charge in [-0.3, -0.25) is 19.7 Å². The van der Waals surface area contributed by atoms with Gasteiger partial charge in [-0.1, -0.05) is 37.6 Å². The largest absolute Gasteiger partial charge is 0.352 e. The molecule has 2 rings (SSSR count). The number of rotatable bonds is 7. The summed E-state index contributed by atoms with van der Waals surface area (Å²) < 4.78 is 0. The summed E-state index contributed by atoms with van der Waals surface area (Å²) in [4.78, 5) is 35.6. The Hall–Kier alpha value is -3.22. The average molecular weight is 355 g/mol. The highest BCUT2D eigenvalue weighted by Crippen LogP contribution is 2.25. The molecule has 2 N–H and O–H groups in total. The second-order valence-electron chi connectivity index (χ2n) is 5.84. The van der Waals surface area contributed by atoms with Crippen molar-refractivity contribution in [3.8, 4) is 0 Å². The summed E-state index contributed by atoms with van der Waals surface area (Å²) in [5.74, 6) is -0.928. The minimum absolute atomic E-state index is 0.0452. The first-order valence-corrected chi connectivity index (χ1v) is 8.38. The maximum absolute atomic E-state index is 12.6. The zero-order valence-electron chi connectivity index (χ0n) is 14.7. The van der Waals surface area contributed by atoms with E-state index < -0.39 is 10.8 Å². The van der Waals surface area contributed by atoms with E-state index in [1.54, 1.807) is 43.3 Å². The molecule has 2 aromatic carbocycles. The number of hydrogen-bond donors (Lipinski definition) is 2. The summed E-state index contributed by atoms with van der Waals surface area (Å²) >= 11 is 0. The molecule has 0 atom stereocenters. The lowest BCUT2D eigenvalue weighted by Gasteiger charge is -2.12. The minimum atomic E-state index is -0.630. The van der Waals surface area contributed by atoms with Crippen LogP contribution in [0.3, 0.4) is 0 Å². The van der Waals surface area contributed by atoms with Crippen LogP contribution in [-0.4, -0.2) is 23.3 Å². The van der Waals surface area contributed by atoms with Gasteiger partial charge in [-0.15, -0.1) is 0 Å². The summed E-state index contributed by atoms with van der Waals surface area (Å²) in [6.45, 7) is 4.14. The van der Waals surface area contributed by atoms with E-state index in [2.05, 4.69) is 10.6 Å². The molecule has 0 radical (unpaired) electrons. The summed E-state index contributed by atoms with van der Waals surface area (Å²) in [5, 5.41) is 16.7. The zero-order valence-corrected chi connectivity index (χ0v) is 14.7. The van der Waals surface area contributed by atoms with Crippen molar-refractivity contribution in [2.45, 2.75) is 26.7 Å². The van der Waals surface area contributed by atoms with Crippen molar-refractivity contribution in [3.63, 3.8) is 0 Å². The molecule has 0 fully saturated rings. The predicted octanol–water partition coefficient (Wildman–Crippen LogP) is 3.69. The summed E-state index contributed by atoms with van der Waals surface area (Å²) in [7, 11) is 0. The molecule has 7 nitrogen and oxygen atoms in total. The lowest BCUT2D eigenvalue weighted by molar-refractivity contribution is -0.385. The molecular weight excluding hydrogens is 334 g/mol. The third kappa shape index (κ3) is 4.44. The molecule has 2 amide bonds. The summed E-state index contributed by atoms with van der Waals surface area (Å²) in [6.07, 6.45) is 1.81. The number of carbonyl (C=O) groups is 2. The molecule has 7 heteroatoms. The van der Waals surface area contributed by atoms with E-state index in [0.29, 0.717) is 23.4 Å². The molecular formula is C19H21N3O4. The predicted molar refractivity (Wildman–Crippen MR) is 99.5 cm³/mol. The van der Waals surface area contributed by atoms with Gasteiger partial charge in [0.1, 0.15) is 5.56 Å².